The molecule has 1 spiro atoms. The van der Waals surface area contributed by atoms with Crippen LogP contribution < -0.4 is 4.90 Å². The van der Waals surface area contributed by atoms with Gasteiger partial charge in [-0.15, -0.1) is 0 Å². The van der Waals surface area contributed by atoms with Crippen LogP contribution in [0.1, 0.15) is 41.0 Å². The second-order valence-corrected chi connectivity index (χ2v) is 7.46. The molecule has 7 heteroatoms. The number of hydrogen-bond acceptors (Lipinski definition) is 5. The van der Waals surface area contributed by atoms with E-state index in [0.29, 0.717) is 25.3 Å². The quantitative estimate of drug-likeness (QED) is 0.815. The molecule has 1 unspecified atom stereocenters. The zero-order valence-corrected chi connectivity index (χ0v) is 15.7. The summed E-state index contributed by atoms with van der Waals surface area (Å²) in [4.78, 5) is 42.4. The molecule has 140 valence electrons. The van der Waals surface area contributed by atoms with Crippen molar-refractivity contribution >= 4 is 17.5 Å². The SMILES string of the molecule is Cc1ncnc(C(=O)N2CCCC3(CCN(c4cccnc4)C3=O)C2)c1C. The van der Waals surface area contributed by atoms with Gasteiger partial charge in [-0.05, 0) is 45.2 Å². The number of carbonyl (C=O) groups is 2. The van der Waals surface area contributed by atoms with Crippen molar-refractivity contribution < 1.29 is 9.59 Å². The molecule has 2 amide bonds. The summed E-state index contributed by atoms with van der Waals surface area (Å²) in [5.41, 5.74) is 2.37. The fourth-order valence-electron chi connectivity index (χ4n) is 4.17. The van der Waals surface area contributed by atoms with Crippen LogP contribution in [0, 0.1) is 19.3 Å². The van der Waals surface area contributed by atoms with Gasteiger partial charge in [-0.2, -0.15) is 0 Å². The molecule has 27 heavy (non-hydrogen) atoms. The number of carbonyl (C=O) groups excluding carboxylic acids is 2. The maximum atomic E-state index is 13.2. The van der Waals surface area contributed by atoms with Crippen LogP contribution >= 0.6 is 0 Å². The van der Waals surface area contributed by atoms with Crippen molar-refractivity contribution in [2.24, 2.45) is 5.41 Å². The van der Waals surface area contributed by atoms with Crippen molar-refractivity contribution in [3.8, 4) is 0 Å². The maximum absolute atomic E-state index is 13.2. The van der Waals surface area contributed by atoms with E-state index in [-0.39, 0.29) is 11.8 Å². The number of rotatable bonds is 2. The highest BCUT2D eigenvalue weighted by molar-refractivity contribution is 6.01. The van der Waals surface area contributed by atoms with Crippen molar-refractivity contribution in [1.29, 1.82) is 0 Å². The van der Waals surface area contributed by atoms with Gasteiger partial charge in [-0.25, -0.2) is 9.97 Å². The van der Waals surface area contributed by atoms with Gasteiger partial charge in [0.05, 0.1) is 17.3 Å². The lowest BCUT2D eigenvalue weighted by atomic mass is 9.78. The normalized spacial score (nSPS) is 22.5. The average molecular weight is 365 g/mol. The summed E-state index contributed by atoms with van der Waals surface area (Å²) in [6, 6.07) is 3.74. The van der Waals surface area contributed by atoms with Crippen LogP contribution in [0.4, 0.5) is 5.69 Å². The van der Waals surface area contributed by atoms with Crippen LogP contribution in [0.3, 0.4) is 0 Å². The van der Waals surface area contributed by atoms with Crippen LogP contribution in [0.2, 0.25) is 0 Å². The Balaban J connectivity index is 1.57. The Morgan fingerprint density at radius 3 is 2.81 bits per heavy atom. The van der Waals surface area contributed by atoms with E-state index in [2.05, 4.69) is 15.0 Å². The minimum Gasteiger partial charge on any atom is -0.336 e. The third-order valence-corrected chi connectivity index (χ3v) is 5.87. The minimum absolute atomic E-state index is 0.101. The van der Waals surface area contributed by atoms with Gasteiger partial charge in [0.25, 0.3) is 5.91 Å². The topological polar surface area (TPSA) is 79.3 Å². The Hall–Kier alpha value is -2.83. The predicted molar refractivity (Wildman–Crippen MR) is 100 cm³/mol. The van der Waals surface area contributed by atoms with Crippen molar-refractivity contribution in [2.45, 2.75) is 33.1 Å². The number of aromatic nitrogens is 3. The van der Waals surface area contributed by atoms with E-state index in [1.54, 1.807) is 22.2 Å². The fraction of sp³-hybridized carbons (Fsp3) is 0.450. The molecule has 0 aromatic carbocycles. The van der Waals surface area contributed by atoms with Crippen LogP contribution in [-0.4, -0.2) is 51.3 Å². The number of pyridine rings is 1. The highest BCUT2D eigenvalue weighted by Crippen LogP contribution is 2.42. The summed E-state index contributed by atoms with van der Waals surface area (Å²) in [6.07, 6.45) is 7.24. The molecular formula is C20H23N5O2. The number of aryl methyl sites for hydroxylation is 1. The lowest BCUT2D eigenvalue weighted by Gasteiger charge is -2.39. The first-order valence-electron chi connectivity index (χ1n) is 9.31. The Bertz CT molecular complexity index is 885. The fourth-order valence-corrected chi connectivity index (χ4v) is 4.17. The molecule has 0 N–H and O–H groups in total. The van der Waals surface area contributed by atoms with Crippen molar-refractivity contribution in [3.05, 3.63) is 47.8 Å². The zero-order chi connectivity index (χ0) is 19.0. The van der Waals surface area contributed by atoms with Gasteiger partial charge in [0.1, 0.15) is 12.0 Å². The molecule has 4 rings (SSSR count). The van der Waals surface area contributed by atoms with Crippen LogP contribution in [0.5, 0.6) is 0 Å². The second-order valence-electron chi connectivity index (χ2n) is 7.46. The summed E-state index contributed by atoms with van der Waals surface area (Å²) in [6.45, 7) is 5.51. The van der Waals surface area contributed by atoms with E-state index >= 15 is 0 Å². The zero-order valence-electron chi connectivity index (χ0n) is 15.7. The van der Waals surface area contributed by atoms with E-state index in [4.69, 9.17) is 0 Å². The molecule has 0 aliphatic carbocycles. The molecule has 2 fully saturated rings. The van der Waals surface area contributed by atoms with Gasteiger partial charge in [0.2, 0.25) is 5.91 Å². The molecule has 2 aromatic heterocycles. The summed E-state index contributed by atoms with van der Waals surface area (Å²) in [5.74, 6) is -0.00621. The molecule has 7 nitrogen and oxygen atoms in total. The summed E-state index contributed by atoms with van der Waals surface area (Å²) >= 11 is 0. The summed E-state index contributed by atoms with van der Waals surface area (Å²) in [7, 11) is 0. The maximum Gasteiger partial charge on any atom is 0.272 e. The molecule has 0 radical (unpaired) electrons. The number of amides is 2. The lowest BCUT2D eigenvalue weighted by Crippen LogP contribution is -2.50. The number of nitrogens with zero attached hydrogens (tertiary/aromatic N) is 5. The molecule has 2 aliphatic heterocycles. The molecule has 1 atom stereocenters. The standard InChI is InChI=1S/C20H23N5O2/c1-14-15(2)22-13-23-17(14)18(26)24-9-4-6-20(12-24)7-10-25(19(20)27)16-5-3-8-21-11-16/h3,5,8,11,13H,4,6-7,9-10,12H2,1-2H3. The Labute approximate surface area is 158 Å². The van der Waals surface area contributed by atoms with Gasteiger partial charge in [-0.3, -0.25) is 14.6 Å². The smallest absolute Gasteiger partial charge is 0.272 e. The van der Waals surface area contributed by atoms with E-state index in [1.165, 1.54) is 6.33 Å². The van der Waals surface area contributed by atoms with Crippen molar-refractivity contribution in [2.75, 3.05) is 24.5 Å². The van der Waals surface area contributed by atoms with Crippen molar-refractivity contribution in [1.82, 2.24) is 19.9 Å². The number of anilines is 1. The van der Waals surface area contributed by atoms with Gasteiger partial charge >= 0.3 is 0 Å². The first kappa shape index (κ1) is 17.6. The molecule has 2 saturated heterocycles. The highest BCUT2D eigenvalue weighted by Gasteiger charge is 2.50. The molecule has 0 bridgehead atoms. The Morgan fingerprint density at radius 2 is 2.04 bits per heavy atom. The molecule has 2 aromatic rings. The third kappa shape index (κ3) is 2.97. The number of likely N-dealkylation sites (tertiary alicyclic amines) is 1. The van der Waals surface area contributed by atoms with Gasteiger partial charge in [-0.1, -0.05) is 0 Å². The van der Waals surface area contributed by atoms with E-state index in [9.17, 15) is 9.59 Å². The van der Waals surface area contributed by atoms with Gasteiger partial charge in [0, 0.05) is 37.1 Å². The summed E-state index contributed by atoms with van der Waals surface area (Å²) in [5, 5.41) is 0. The van der Waals surface area contributed by atoms with Crippen LogP contribution in [-0.2, 0) is 4.79 Å². The average Bonchev–Trinajstić information content (AvgIpc) is 3.00. The van der Waals surface area contributed by atoms with E-state index in [1.807, 2.05) is 26.0 Å². The Morgan fingerprint density at radius 1 is 1.19 bits per heavy atom. The van der Waals surface area contributed by atoms with Gasteiger partial charge in [0.15, 0.2) is 0 Å². The minimum atomic E-state index is -0.500. The number of piperidine rings is 1. The Kier molecular flexibility index (Phi) is 4.37. The monoisotopic (exact) mass is 365 g/mol. The largest absolute Gasteiger partial charge is 0.336 e. The van der Waals surface area contributed by atoms with E-state index < -0.39 is 5.41 Å². The van der Waals surface area contributed by atoms with Gasteiger partial charge < -0.3 is 9.80 Å². The van der Waals surface area contributed by atoms with E-state index in [0.717, 1.165) is 36.2 Å². The lowest BCUT2D eigenvalue weighted by molar-refractivity contribution is -0.127. The first-order valence-corrected chi connectivity index (χ1v) is 9.31. The second kappa shape index (κ2) is 6.72. The molecule has 4 heterocycles. The summed E-state index contributed by atoms with van der Waals surface area (Å²) < 4.78 is 0. The third-order valence-electron chi connectivity index (χ3n) is 5.87. The van der Waals surface area contributed by atoms with Crippen LogP contribution in [0.25, 0.3) is 0 Å². The predicted octanol–water partition coefficient (Wildman–Crippen LogP) is 2.15. The molecule has 2 aliphatic rings. The first-order chi connectivity index (χ1) is 13.0. The van der Waals surface area contributed by atoms with Crippen molar-refractivity contribution in [3.63, 3.8) is 0 Å². The highest BCUT2D eigenvalue weighted by atomic mass is 16.2. The molecular weight excluding hydrogens is 342 g/mol. The molecule has 0 saturated carbocycles. The number of hydrogen-bond donors (Lipinski definition) is 0. The van der Waals surface area contributed by atoms with Crippen LogP contribution in [0.15, 0.2) is 30.9 Å².